The minimum absolute atomic E-state index is 0.0122. The van der Waals surface area contributed by atoms with Gasteiger partial charge >= 0.3 is 5.97 Å². The van der Waals surface area contributed by atoms with Crippen LogP contribution in [0.15, 0.2) is 48.6 Å². The maximum absolute atomic E-state index is 12.4. The number of allylic oxidation sites excluding steroid dienone is 7. The molecule has 0 rings (SSSR count). The van der Waals surface area contributed by atoms with Crippen LogP contribution in [0, 0.1) is 0 Å². The number of amides is 1. The van der Waals surface area contributed by atoms with Crippen molar-refractivity contribution in [3.63, 3.8) is 0 Å². The third-order valence-electron chi connectivity index (χ3n) is 12.6. The predicted molar refractivity (Wildman–Crippen MR) is 278 cm³/mol. The van der Waals surface area contributed by atoms with E-state index in [1.807, 2.05) is 6.08 Å². The average molecular weight is 898 g/mol. The molecular weight excluding hydrogens is 791 g/mol. The van der Waals surface area contributed by atoms with E-state index in [1.165, 1.54) is 193 Å². The van der Waals surface area contributed by atoms with Gasteiger partial charge in [-0.2, -0.15) is 0 Å². The summed E-state index contributed by atoms with van der Waals surface area (Å²) in [6, 6.07) is -0.635. The number of carbonyl (C=O) groups is 2. The summed E-state index contributed by atoms with van der Waals surface area (Å²) in [4.78, 5) is 24.5. The number of aliphatic hydroxyl groups is 2. The van der Waals surface area contributed by atoms with Gasteiger partial charge in [-0.25, -0.2) is 0 Å². The number of unbranched alkanes of at least 4 members (excludes halogenated alkanes) is 34. The molecule has 6 heteroatoms. The molecule has 0 bridgehead atoms. The summed E-state index contributed by atoms with van der Waals surface area (Å²) < 4.78 is 5.46. The van der Waals surface area contributed by atoms with Gasteiger partial charge in [0.15, 0.2) is 0 Å². The van der Waals surface area contributed by atoms with Gasteiger partial charge in [-0.3, -0.25) is 9.59 Å². The third kappa shape index (κ3) is 49.3. The monoisotopic (exact) mass is 898 g/mol. The fourth-order valence-electron chi connectivity index (χ4n) is 8.23. The lowest BCUT2D eigenvalue weighted by molar-refractivity contribution is -0.143. The highest BCUT2D eigenvalue weighted by Gasteiger charge is 2.18. The Balaban J connectivity index is 3.48. The Hall–Kier alpha value is -2.18. The van der Waals surface area contributed by atoms with Crippen molar-refractivity contribution in [1.29, 1.82) is 0 Å². The van der Waals surface area contributed by atoms with Gasteiger partial charge in [0.1, 0.15) is 0 Å². The molecule has 0 saturated carbocycles. The van der Waals surface area contributed by atoms with Crippen LogP contribution >= 0.6 is 0 Å². The number of hydrogen-bond donors (Lipinski definition) is 3. The second-order valence-corrected chi connectivity index (χ2v) is 18.9. The van der Waals surface area contributed by atoms with Crippen LogP contribution in [-0.2, 0) is 14.3 Å². The van der Waals surface area contributed by atoms with E-state index in [9.17, 15) is 19.8 Å². The quantitative estimate of drug-likeness (QED) is 0.0321. The minimum atomic E-state index is -0.851. The third-order valence-corrected chi connectivity index (χ3v) is 12.6. The van der Waals surface area contributed by atoms with Crippen molar-refractivity contribution < 1.29 is 24.5 Å². The Kier molecular flexibility index (Phi) is 51.6. The van der Waals surface area contributed by atoms with Gasteiger partial charge in [0.05, 0.1) is 25.4 Å². The number of rotatable bonds is 51. The number of aliphatic hydroxyl groups excluding tert-OH is 2. The van der Waals surface area contributed by atoms with Crippen molar-refractivity contribution in [1.82, 2.24) is 5.32 Å². The van der Waals surface area contributed by atoms with Crippen molar-refractivity contribution >= 4 is 11.9 Å². The van der Waals surface area contributed by atoms with Crippen LogP contribution in [0.4, 0.5) is 0 Å². The molecule has 0 radical (unpaired) electrons. The van der Waals surface area contributed by atoms with Gasteiger partial charge in [0.25, 0.3) is 0 Å². The van der Waals surface area contributed by atoms with Gasteiger partial charge in [0, 0.05) is 12.8 Å². The Bertz CT molecular complexity index is 1080. The summed E-state index contributed by atoms with van der Waals surface area (Å²) in [7, 11) is 0. The second-order valence-electron chi connectivity index (χ2n) is 18.9. The van der Waals surface area contributed by atoms with E-state index >= 15 is 0 Å². The highest BCUT2D eigenvalue weighted by Crippen LogP contribution is 2.15. The van der Waals surface area contributed by atoms with Crippen LogP contribution in [0.1, 0.15) is 284 Å². The van der Waals surface area contributed by atoms with Crippen LogP contribution in [0.5, 0.6) is 0 Å². The van der Waals surface area contributed by atoms with Crippen LogP contribution in [0.2, 0.25) is 0 Å². The number of esters is 1. The average Bonchev–Trinajstić information content (AvgIpc) is 3.29. The van der Waals surface area contributed by atoms with Crippen molar-refractivity contribution in [3.8, 4) is 0 Å². The molecule has 1 amide bonds. The number of carbonyl (C=O) groups excluding carboxylic acids is 2. The van der Waals surface area contributed by atoms with E-state index in [-0.39, 0.29) is 18.5 Å². The molecule has 0 aromatic rings. The first-order chi connectivity index (χ1) is 31.5. The van der Waals surface area contributed by atoms with E-state index in [0.717, 1.165) is 64.2 Å². The molecule has 3 N–H and O–H groups in total. The lowest BCUT2D eigenvalue weighted by atomic mass is 10.0. The predicted octanol–water partition coefficient (Wildman–Crippen LogP) is 17.0. The molecule has 0 aliphatic heterocycles. The summed E-state index contributed by atoms with van der Waals surface area (Å²) in [5, 5.41) is 23.1. The molecule has 6 nitrogen and oxygen atoms in total. The Morgan fingerprint density at radius 3 is 1.25 bits per heavy atom. The number of ether oxygens (including phenoxy) is 1. The topological polar surface area (TPSA) is 95.9 Å². The molecule has 0 fully saturated rings. The molecular formula is C58H107NO5. The van der Waals surface area contributed by atoms with Crippen molar-refractivity contribution in [2.75, 3.05) is 13.2 Å². The van der Waals surface area contributed by atoms with E-state index < -0.39 is 12.1 Å². The normalized spacial score (nSPS) is 13.0. The standard InChI is InChI=1S/C58H107NO5/c1-3-5-7-9-11-13-15-17-26-30-34-38-42-46-50-56(61)55(54-60)59-57(62)51-47-43-39-35-31-27-24-22-20-19-21-23-25-29-33-37-41-45-49-53-64-58(63)52-48-44-40-36-32-28-18-16-14-12-10-8-6-4-2/h10,12,16,18-20,46,50,55-56,60-61H,3-9,11,13-15,17,21-45,47-49,51-54H2,1-2H3,(H,59,62)/b12-10-,18-16-,20-19-,50-46+. The SMILES string of the molecule is CCCC/C=C\C/C=C\CCCCCCCC(=O)OCCCCCCCCCC/C=C\CCCCCCCCCC(=O)NC(CO)C(O)/C=C/CCCCCCCCCCCCCC. The maximum atomic E-state index is 12.4. The molecule has 0 aromatic carbocycles. The first-order valence-corrected chi connectivity index (χ1v) is 27.9. The molecule has 374 valence electrons. The summed E-state index contributed by atoms with van der Waals surface area (Å²) in [6.45, 7) is 4.84. The first-order valence-electron chi connectivity index (χ1n) is 27.9. The Labute approximate surface area is 397 Å². The fraction of sp³-hybridized carbons (Fsp3) is 0.828. The molecule has 2 atom stereocenters. The van der Waals surface area contributed by atoms with Crippen molar-refractivity contribution in [2.24, 2.45) is 0 Å². The molecule has 0 saturated heterocycles. The summed E-state index contributed by atoms with van der Waals surface area (Å²) >= 11 is 0. The highest BCUT2D eigenvalue weighted by atomic mass is 16.5. The van der Waals surface area contributed by atoms with Gasteiger partial charge in [-0.1, -0.05) is 236 Å². The van der Waals surface area contributed by atoms with Gasteiger partial charge in [0.2, 0.25) is 5.91 Å². The molecule has 0 spiro atoms. The summed E-state index contributed by atoms with van der Waals surface area (Å²) in [5.74, 6) is -0.0908. The minimum Gasteiger partial charge on any atom is -0.466 e. The summed E-state index contributed by atoms with van der Waals surface area (Å²) in [5.41, 5.74) is 0. The maximum Gasteiger partial charge on any atom is 0.305 e. The zero-order valence-electron chi connectivity index (χ0n) is 42.5. The Morgan fingerprint density at radius 1 is 0.438 bits per heavy atom. The second kappa shape index (κ2) is 53.4. The van der Waals surface area contributed by atoms with Crippen LogP contribution in [-0.4, -0.2) is 47.4 Å². The Morgan fingerprint density at radius 2 is 0.797 bits per heavy atom. The van der Waals surface area contributed by atoms with Crippen LogP contribution in [0.25, 0.3) is 0 Å². The van der Waals surface area contributed by atoms with Gasteiger partial charge in [-0.15, -0.1) is 0 Å². The number of nitrogens with one attached hydrogen (secondary N) is 1. The zero-order chi connectivity index (χ0) is 46.5. The van der Waals surface area contributed by atoms with Crippen LogP contribution < -0.4 is 5.32 Å². The first kappa shape index (κ1) is 61.8. The molecule has 2 unspecified atom stereocenters. The van der Waals surface area contributed by atoms with E-state index in [2.05, 4.69) is 55.6 Å². The molecule has 0 aliphatic carbocycles. The van der Waals surface area contributed by atoms with E-state index in [1.54, 1.807) is 6.08 Å². The highest BCUT2D eigenvalue weighted by molar-refractivity contribution is 5.76. The lowest BCUT2D eigenvalue weighted by Gasteiger charge is -2.20. The van der Waals surface area contributed by atoms with E-state index in [4.69, 9.17) is 4.74 Å². The van der Waals surface area contributed by atoms with Crippen molar-refractivity contribution in [3.05, 3.63) is 48.6 Å². The smallest absolute Gasteiger partial charge is 0.305 e. The molecule has 0 heterocycles. The van der Waals surface area contributed by atoms with Gasteiger partial charge in [-0.05, 0) is 83.5 Å². The van der Waals surface area contributed by atoms with E-state index in [0.29, 0.717) is 19.4 Å². The number of hydrogen-bond acceptors (Lipinski definition) is 5. The molecule has 0 aliphatic rings. The van der Waals surface area contributed by atoms with Crippen molar-refractivity contribution in [2.45, 2.75) is 296 Å². The summed E-state index contributed by atoms with van der Waals surface area (Å²) in [6.07, 6.45) is 66.9. The zero-order valence-corrected chi connectivity index (χ0v) is 42.5. The van der Waals surface area contributed by atoms with Gasteiger partial charge < -0.3 is 20.3 Å². The van der Waals surface area contributed by atoms with Crippen LogP contribution in [0.3, 0.4) is 0 Å². The molecule has 0 aromatic heterocycles. The largest absolute Gasteiger partial charge is 0.466 e. The fourth-order valence-corrected chi connectivity index (χ4v) is 8.23. The lowest BCUT2D eigenvalue weighted by Crippen LogP contribution is -2.45. The molecule has 64 heavy (non-hydrogen) atoms.